The predicted octanol–water partition coefficient (Wildman–Crippen LogP) is 3.41. The molecule has 68 valence electrons. The van der Waals surface area contributed by atoms with Crippen LogP contribution >= 0.6 is 23.2 Å². The van der Waals surface area contributed by atoms with Crippen LogP contribution in [0.5, 0.6) is 0 Å². The van der Waals surface area contributed by atoms with Crippen LogP contribution in [0.4, 0.5) is 0 Å². The topological polar surface area (TPSA) is 36.7 Å². The molecule has 0 aliphatic heterocycles. The summed E-state index contributed by atoms with van der Waals surface area (Å²) in [4.78, 5) is 4.07. The lowest BCUT2D eigenvalue weighted by Gasteiger charge is -2.00. The van der Waals surface area contributed by atoms with E-state index in [1.165, 1.54) is 0 Å². The van der Waals surface area contributed by atoms with Crippen molar-refractivity contribution in [3.63, 3.8) is 0 Å². The summed E-state index contributed by atoms with van der Waals surface area (Å²) in [5, 5.41) is 10.4. The second-order valence-electron chi connectivity index (χ2n) is 2.77. The van der Waals surface area contributed by atoms with Gasteiger partial charge in [-0.25, -0.2) is 4.98 Å². The van der Waals surface area contributed by atoms with Crippen molar-refractivity contribution in [2.24, 2.45) is 0 Å². The number of benzene rings is 1. The number of fused-ring (bicyclic) bond motifs is 1. The van der Waals surface area contributed by atoms with Crippen LogP contribution in [-0.4, -0.2) is 4.98 Å². The molecule has 4 heteroatoms. The first-order valence-electron chi connectivity index (χ1n) is 3.86. The van der Waals surface area contributed by atoms with Gasteiger partial charge in [-0.1, -0.05) is 23.2 Å². The standard InChI is InChI=1S/C10H4Cl2N2/c11-8-4-10(12)14-9-3-6(5-13)1-2-7(8)9/h1-4H. The van der Waals surface area contributed by atoms with E-state index in [9.17, 15) is 0 Å². The lowest BCUT2D eigenvalue weighted by molar-refractivity contribution is 1.40. The SMILES string of the molecule is N#Cc1ccc2c(Cl)cc(Cl)nc2c1. The number of hydrogen-bond donors (Lipinski definition) is 0. The van der Waals surface area contributed by atoms with Crippen LogP contribution in [0.25, 0.3) is 10.9 Å². The van der Waals surface area contributed by atoms with Gasteiger partial charge in [-0.15, -0.1) is 0 Å². The van der Waals surface area contributed by atoms with E-state index in [1.54, 1.807) is 24.3 Å². The van der Waals surface area contributed by atoms with Gasteiger partial charge in [0.1, 0.15) is 5.15 Å². The third-order valence-electron chi connectivity index (χ3n) is 1.86. The Balaban J connectivity index is 2.83. The Kier molecular flexibility index (Phi) is 2.28. The predicted molar refractivity (Wildman–Crippen MR) is 56.5 cm³/mol. The van der Waals surface area contributed by atoms with Crippen LogP contribution in [-0.2, 0) is 0 Å². The minimum Gasteiger partial charge on any atom is -0.236 e. The van der Waals surface area contributed by atoms with Crippen molar-refractivity contribution in [1.82, 2.24) is 4.98 Å². The first kappa shape index (κ1) is 9.26. The molecule has 0 N–H and O–H groups in total. The molecule has 2 nitrogen and oxygen atoms in total. The molecule has 0 radical (unpaired) electrons. The van der Waals surface area contributed by atoms with Crippen molar-refractivity contribution in [1.29, 1.82) is 5.26 Å². The van der Waals surface area contributed by atoms with Crippen molar-refractivity contribution >= 4 is 34.1 Å². The molecule has 0 aliphatic carbocycles. The number of rotatable bonds is 0. The number of nitrogens with zero attached hydrogens (tertiary/aromatic N) is 2. The van der Waals surface area contributed by atoms with E-state index < -0.39 is 0 Å². The molecule has 0 saturated heterocycles. The molecule has 0 saturated carbocycles. The summed E-state index contributed by atoms with van der Waals surface area (Å²) in [6.45, 7) is 0. The fourth-order valence-corrected chi connectivity index (χ4v) is 1.74. The molecule has 14 heavy (non-hydrogen) atoms. The van der Waals surface area contributed by atoms with E-state index in [0.717, 1.165) is 5.39 Å². The maximum Gasteiger partial charge on any atom is 0.131 e. The molecule has 1 heterocycles. The van der Waals surface area contributed by atoms with Crippen molar-refractivity contribution in [2.45, 2.75) is 0 Å². The largest absolute Gasteiger partial charge is 0.236 e. The van der Waals surface area contributed by atoms with Crippen LogP contribution in [0, 0.1) is 11.3 Å². The number of hydrogen-bond acceptors (Lipinski definition) is 2. The Morgan fingerprint density at radius 1 is 1.21 bits per heavy atom. The summed E-state index contributed by atoms with van der Waals surface area (Å²) >= 11 is 11.7. The van der Waals surface area contributed by atoms with Gasteiger partial charge in [0.2, 0.25) is 0 Å². The molecular formula is C10H4Cl2N2. The fraction of sp³-hybridized carbons (Fsp3) is 0. The monoisotopic (exact) mass is 222 g/mol. The van der Waals surface area contributed by atoms with Crippen molar-refractivity contribution < 1.29 is 0 Å². The first-order chi connectivity index (χ1) is 6.70. The molecule has 0 aliphatic rings. The maximum atomic E-state index is 8.69. The first-order valence-corrected chi connectivity index (χ1v) is 4.62. The molecular weight excluding hydrogens is 219 g/mol. The average Bonchev–Trinajstić information content (AvgIpc) is 2.16. The highest BCUT2D eigenvalue weighted by molar-refractivity contribution is 6.37. The second kappa shape index (κ2) is 3.45. The number of halogens is 2. The van der Waals surface area contributed by atoms with Crippen molar-refractivity contribution in [2.75, 3.05) is 0 Å². The molecule has 0 bridgehead atoms. The van der Waals surface area contributed by atoms with Crippen LogP contribution in [0.2, 0.25) is 10.2 Å². The molecule has 2 rings (SSSR count). The van der Waals surface area contributed by atoms with E-state index in [0.29, 0.717) is 21.3 Å². The molecule has 0 amide bonds. The Bertz CT molecular complexity index is 544. The quantitative estimate of drug-likeness (QED) is 0.641. The van der Waals surface area contributed by atoms with Gasteiger partial charge in [-0.2, -0.15) is 5.26 Å². The molecule has 1 aromatic carbocycles. The van der Waals surface area contributed by atoms with Crippen LogP contribution in [0.15, 0.2) is 24.3 Å². The van der Waals surface area contributed by atoms with Gasteiger partial charge in [-0.05, 0) is 24.3 Å². The molecule has 2 aromatic rings. The van der Waals surface area contributed by atoms with E-state index in [4.69, 9.17) is 28.5 Å². The molecule has 0 spiro atoms. The zero-order valence-electron chi connectivity index (χ0n) is 6.96. The normalized spacial score (nSPS) is 10.1. The van der Waals surface area contributed by atoms with Crippen LogP contribution in [0.1, 0.15) is 5.56 Å². The van der Waals surface area contributed by atoms with E-state index in [1.807, 2.05) is 6.07 Å². The number of nitriles is 1. The number of pyridine rings is 1. The van der Waals surface area contributed by atoms with Gasteiger partial charge >= 0.3 is 0 Å². The van der Waals surface area contributed by atoms with Crippen LogP contribution in [0.3, 0.4) is 0 Å². The van der Waals surface area contributed by atoms with E-state index in [-0.39, 0.29) is 0 Å². The van der Waals surface area contributed by atoms with Gasteiger partial charge in [-0.3, -0.25) is 0 Å². The lowest BCUT2D eigenvalue weighted by atomic mass is 10.1. The van der Waals surface area contributed by atoms with Gasteiger partial charge in [0.05, 0.1) is 22.2 Å². The summed E-state index contributed by atoms with van der Waals surface area (Å²) in [6.07, 6.45) is 0. The smallest absolute Gasteiger partial charge is 0.131 e. The molecule has 1 aromatic heterocycles. The molecule has 0 atom stereocenters. The second-order valence-corrected chi connectivity index (χ2v) is 3.56. The Hall–Kier alpha value is -1.30. The zero-order chi connectivity index (χ0) is 10.1. The van der Waals surface area contributed by atoms with Gasteiger partial charge < -0.3 is 0 Å². The summed E-state index contributed by atoms with van der Waals surface area (Å²) in [7, 11) is 0. The third-order valence-corrected chi connectivity index (χ3v) is 2.36. The summed E-state index contributed by atoms with van der Waals surface area (Å²) < 4.78 is 0. The van der Waals surface area contributed by atoms with Crippen molar-refractivity contribution in [3.05, 3.63) is 40.0 Å². The van der Waals surface area contributed by atoms with Gasteiger partial charge in [0.25, 0.3) is 0 Å². The minimum atomic E-state index is 0.331. The Morgan fingerprint density at radius 2 is 2.00 bits per heavy atom. The van der Waals surface area contributed by atoms with Crippen LogP contribution < -0.4 is 0 Å². The lowest BCUT2D eigenvalue weighted by Crippen LogP contribution is -1.83. The summed E-state index contributed by atoms with van der Waals surface area (Å²) in [5.41, 5.74) is 1.19. The van der Waals surface area contributed by atoms with E-state index >= 15 is 0 Å². The van der Waals surface area contributed by atoms with Crippen molar-refractivity contribution in [3.8, 4) is 6.07 Å². The number of aromatic nitrogens is 1. The summed E-state index contributed by atoms with van der Waals surface area (Å²) in [5.74, 6) is 0. The zero-order valence-corrected chi connectivity index (χ0v) is 8.47. The maximum absolute atomic E-state index is 8.69. The minimum absolute atomic E-state index is 0.331. The Labute approximate surface area is 90.7 Å². The highest BCUT2D eigenvalue weighted by atomic mass is 35.5. The Morgan fingerprint density at radius 3 is 2.71 bits per heavy atom. The molecule has 0 unspecified atom stereocenters. The van der Waals surface area contributed by atoms with Gasteiger partial charge in [0.15, 0.2) is 0 Å². The highest BCUT2D eigenvalue weighted by Gasteiger charge is 2.03. The fourth-order valence-electron chi connectivity index (χ4n) is 1.23. The third kappa shape index (κ3) is 1.52. The summed E-state index contributed by atoms with van der Waals surface area (Å²) in [6, 6.07) is 8.73. The van der Waals surface area contributed by atoms with Gasteiger partial charge in [0, 0.05) is 5.39 Å². The molecule has 0 fully saturated rings. The van der Waals surface area contributed by atoms with E-state index in [2.05, 4.69) is 4.98 Å². The average molecular weight is 223 g/mol. The highest BCUT2D eigenvalue weighted by Crippen LogP contribution is 2.25.